The lowest BCUT2D eigenvalue weighted by molar-refractivity contribution is -0.386. The fourth-order valence-corrected chi connectivity index (χ4v) is 19.5. The van der Waals surface area contributed by atoms with Crippen molar-refractivity contribution in [2.24, 2.45) is 50.2 Å². The van der Waals surface area contributed by atoms with E-state index in [1.807, 2.05) is 0 Å². The van der Waals surface area contributed by atoms with Crippen LogP contribution in [-0.4, -0.2) is 334 Å². The third-order valence-electron chi connectivity index (χ3n) is 25.9. The summed E-state index contributed by atoms with van der Waals surface area (Å²) >= 11 is 0. The van der Waals surface area contributed by atoms with Gasteiger partial charge in [0.25, 0.3) is 0 Å². The van der Waals surface area contributed by atoms with Crippen LogP contribution in [0.25, 0.3) is 0 Å². The van der Waals surface area contributed by atoms with E-state index in [0.717, 1.165) is 12.0 Å². The Morgan fingerprint density at radius 2 is 1.08 bits per heavy atom. The van der Waals surface area contributed by atoms with E-state index in [-0.39, 0.29) is 42.1 Å². The third kappa shape index (κ3) is 13.3. The van der Waals surface area contributed by atoms with Crippen molar-refractivity contribution in [2.75, 3.05) is 46.2 Å². The van der Waals surface area contributed by atoms with Crippen LogP contribution in [0.4, 0.5) is 0 Å². The van der Waals surface area contributed by atoms with Gasteiger partial charge in [-0.05, 0) is 110 Å². The minimum Gasteiger partial charge on any atom is -0.432 e. The Bertz CT molecular complexity index is 2860. The molecular formula is C67H108O33. The van der Waals surface area contributed by atoms with E-state index in [0.29, 0.717) is 38.5 Å². The highest BCUT2D eigenvalue weighted by Crippen LogP contribution is 2.76. The topological polar surface area (TPSA) is 510 Å². The SMILES string of the molecule is C[C@@H]1O[C@@H](O[C@H]2[C@H](OC(=O)[C@]34CCC(C)(C)C[C@H]3C3=CCC5[C@@]6(C)CC[C@H](O[C@@H]7O[C@H](CO[C@@H]8OC[C@H](O)[C@H](O)[C@H]8O)[C@@H](O)[C@H](O)[C@H]7O)C(C)(C)C6CC[C@@]5(C)[C@]3(C)C[C@H]4O)OC[C@@H](O)[C@@H]2O)[C@H](O)[C@H](O[C@@H]2OC[C@](O)(CO)[C@H]2O)[C@H]1O[C@@H]1OC[C@H](O)[C@H](O[C@@H]2OC[C@@H](O)[C@H](O)[C@H]2O)[C@H]1O. The van der Waals surface area contributed by atoms with Gasteiger partial charge in [-0.2, -0.15) is 0 Å². The van der Waals surface area contributed by atoms with Gasteiger partial charge in [-0.3, -0.25) is 4.79 Å². The van der Waals surface area contributed by atoms with Gasteiger partial charge in [0.1, 0.15) is 127 Å². The minimum atomic E-state index is -2.24. The van der Waals surface area contributed by atoms with Gasteiger partial charge in [-0.1, -0.05) is 60.1 Å². The Labute approximate surface area is 578 Å². The maximum absolute atomic E-state index is 15.7. The molecule has 0 radical (unpaired) electrons. The smallest absolute Gasteiger partial charge is 0.317 e. The molecule has 38 atom stereocenters. The van der Waals surface area contributed by atoms with Crippen LogP contribution in [0.2, 0.25) is 0 Å². The molecule has 0 aromatic rings. The molecule has 2 unspecified atom stereocenters. The summed E-state index contributed by atoms with van der Waals surface area (Å²) < 4.78 is 83.5. The Morgan fingerprint density at radius 1 is 0.520 bits per heavy atom. The van der Waals surface area contributed by atoms with Crippen LogP contribution in [0.1, 0.15) is 113 Å². The lowest BCUT2D eigenvalue weighted by Crippen LogP contribution is -2.68. The molecule has 0 amide bonds. The van der Waals surface area contributed by atoms with Crippen molar-refractivity contribution in [3.63, 3.8) is 0 Å². The van der Waals surface area contributed by atoms with Gasteiger partial charge in [-0.15, -0.1) is 0 Å². The summed E-state index contributed by atoms with van der Waals surface area (Å²) in [6.07, 6.45) is -41.7. The predicted molar refractivity (Wildman–Crippen MR) is 331 cm³/mol. The van der Waals surface area contributed by atoms with Gasteiger partial charge in [0.05, 0.1) is 64.6 Å². The summed E-state index contributed by atoms with van der Waals surface area (Å²) in [6, 6.07) is 0. The molecule has 18 N–H and O–H groups in total. The van der Waals surface area contributed by atoms with Gasteiger partial charge < -0.3 is 158 Å². The van der Waals surface area contributed by atoms with Crippen LogP contribution in [-0.2, 0) is 71.1 Å². The summed E-state index contributed by atoms with van der Waals surface area (Å²) in [5, 5.41) is 198. The van der Waals surface area contributed by atoms with Crippen molar-refractivity contribution in [3.8, 4) is 0 Å². The number of carbonyl (C=O) groups is 1. The zero-order chi connectivity index (χ0) is 72.6. The first-order valence-electron chi connectivity index (χ1n) is 35.3. The second-order valence-corrected chi connectivity index (χ2v) is 32.7. The number of fused-ring (bicyclic) bond motifs is 7. The van der Waals surface area contributed by atoms with E-state index < -0.39 is 263 Å². The number of aliphatic hydroxyl groups is 18. The van der Waals surface area contributed by atoms with Crippen molar-refractivity contribution in [1.29, 1.82) is 0 Å². The zero-order valence-corrected chi connectivity index (χ0v) is 57.6. The molecule has 5 aliphatic carbocycles. The summed E-state index contributed by atoms with van der Waals surface area (Å²) in [7, 11) is 0. The van der Waals surface area contributed by atoms with Crippen molar-refractivity contribution >= 4 is 5.97 Å². The molecule has 7 aliphatic heterocycles. The highest BCUT2D eigenvalue weighted by Gasteiger charge is 2.73. The van der Waals surface area contributed by atoms with E-state index in [1.165, 1.54) is 6.92 Å². The van der Waals surface area contributed by atoms with Crippen LogP contribution in [0.3, 0.4) is 0 Å². The number of hydrogen-bond acceptors (Lipinski definition) is 33. The molecule has 0 aromatic carbocycles. The number of allylic oxidation sites excluding steroid dienone is 2. The van der Waals surface area contributed by atoms with Crippen LogP contribution < -0.4 is 0 Å². The monoisotopic (exact) mass is 1440 g/mol. The Morgan fingerprint density at radius 3 is 1.74 bits per heavy atom. The van der Waals surface area contributed by atoms with E-state index in [9.17, 15) is 91.9 Å². The summed E-state index contributed by atoms with van der Waals surface area (Å²) in [6.45, 7) is 12.8. The molecular weight excluding hydrogens is 1330 g/mol. The van der Waals surface area contributed by atoms with Gasteiger partial charge in [0, 0.05) is 0 Å². The molecule has 574 valence electrons. The quantitative estimate of drug-likeness (QED) is 0.0390. The van der Waals surface area contributed by atoms with Crippen LogP contribution >= 0.6 is 0 Å². The molecule has 0 bridgehead atoms. The van der Waals surface area contributed by atoms with Crippen molar-refractivity contribution in [2.45, 2.75) is 303 Å². The molecule has 33 nitrogen and oxygen atoms in total. The lowest BCUT2D eigenvalue weighted by atomic mass is 9.33. The molecule has 100 heavy (non-hydrogen) atoms. The molecule has 7 heterocycles. The van der Waals surface area contributed by atoms with Gasteiger partial charge in [-0.25, -0.2) is 0 Å². The predicted octanol–water partition coefficient (Wildman–Crippen LogP) is -5.37. The molecule has 11 fully saturated rings. The van der Waals surface area contributed by atoms with E-state index in [1.54, 1.807) is 0 Å². The molecule has 12 aliphatic rings. The molecule has 7 saturated heterocycles. The van der Waals surface area contributed by atoms with Crippen molar-refractivity contribution < 1.29 is 163 Å². The normalized spacial score (nSPS) is 54.7. The number of esters is 1. The van der Waals surface area contributed by atoms with E-state index in [2.05, 4.69) is 54.5 Å². The number of hydrogen-bond donors (Lipinski definition) is 18. The first-order valence-corrected chi connectivity index (χ1v) is 35.3. The fraction of sp³-hybridized carbons (Fsp3) is 0.955. The van der Waals surface area contributed by atoms with Crippen LogP contribution in [0, 0.1) is 50.2 Å². The number of rotatable bonds is 16. The first kappa shape index (κ1) is 77.6. The first-order chi connectivity index (χ1) is 46.9. The van der Waals surface area contributed by atoms with Gasteiger partial charge >= 0.3 is 5.97 Å². The fourth-order valence-electron chi connectivity index (χ4n) is 19.5. The Kier molecular flexibility index (Phi) is 22.4. The highest BCUT2D eigenvalue weighted by molar-refractivity contribution is 5.80. The lowest BCUT2D eigenvalue weighted by Gasteiger charge is -2.71. The van der Waals surface area contributed by atoms with Crippen LogP contribution in [0.5, 0.6) is 0 Å². The van der Waals surface area contributed by atoms with E-state index in [4.69, 9.17) is 66.3 Å². The molecule has 0 spiro atoms. The summed E-state index contributed by atoms with van der Waals surface area (Å²) in [4.78, 5) is 15.7. The van der Waals surface area contributed by atoms with Crippen molar-refractivity contribution in [1.82, 2.24) is 0 Å². The average Bonchev–Trinajstić information content (AvgIpc) is 0.729. The Hall–Kier alpha value is -2.03. The Balaban J connectivity index is 0.760. The number of carbonyl (C=O) groups excluding carboxylic acids is 1. The minimum absolute atomic E-state index is 0.0390. The van der Waals surface area contributed by atoms with Gasteiger partial charge in [0.2, 0.25) is 6.29 Å². The average molecular weight is 1440 g/mol. The van der Waals surface area contributed by atoms with Crippen molar-refractivity contribution in [3.05, 3.63) is 11.6 Å². The zero-order valence-electron chi connectivity index (χ0n) is 57.6. The standard InChI is InChI=1S/C67H108O33/c1-26-48(96-55-46(82)49(32(72)22-89-55)97-54-44(80)39(75)30(70)20-88-54)50(98-59-52(84)66(86,24-68)25-92-59)47(83)57(93-26)99-51-40(76)31(71)21-90-58(51)100-60(85)67-16-15-61(2,3)17-28(67)27-9-10-35-63(6)13-12-37(62(4,5)34(63)11-14-64(35,7)65(27,8)18-36(67)73)95-56-45(81)42(78)41(77)33(94-56)23-91-53-43(79)38(74)29(69)19-87-53/h9,26,28-59,68-84,86H,10-25H2,1-8H3/t26-,28-,29-,30+,31+,32-,33+,34?,35?,36+,37-,38-,39-,40-,41+,42-,43+,44+,45+,46+,47+,48-,49-,50-,51+,52-,53-,54-,55-,56-,57-,58-,59-,63-,64+,65+,66+,67+/m0/s1. The number of ether oxygens (including phenoxy) is 14. The second-order valence-electron chi connectivity index (χ2n) is 32.7. The highest BCUT2D eigenvalue weighted by atomic mass is 16.8. The van der Waals surface area contributed by atoms with E-state index >= 15 is 4.79 Å². The molecule has 12 rings (SSSR count). The molecule has 4 saturated carbocycles. The van der Waals surface area contributed by atoms with Gasteiger partial charge in [0.15, 0.2) is 43.8 Å². The maximum Gasteiger partial charge on any atom is 0.317 e. The summed E-state index contributed by atoms with van der Waals surface area (Å²) in [5.41, 5.74) is -5.13. The maximum atomic E-state index is 15.7. The largest absolute Gasteiger partial charge is 0.432 e. The molecule has 33 heteroatoms. The van der Waals surface area contributed by atoms with Crippen LogP contribution in [0.15, 0.2) is 11.6 Å². The molecule has 0 aromatic heterocycles. The summed E-state index contributed by atoms with van der Waals surface area (Å²) in [5.74, 6) is -1.34. The number of aliphatic hydroxyl groups excluding tert-OH is 17. The second kappa shape index (κ2) is 28.8. The third-order valence-corrected chi connectivity index (χ3v) is 25.9.